The Labute approximate surface area is 135 Å². The molecule has 1 saturated heterocycles. The van der Waals surface area contributed by atoms with E-state index >= 15 is 0 Å². The molecule has 3 rings (SSSR count). The van der Waals surface area contributed by atoms with Crippen LogP contribution < -0.4 is 11.1 Å². The minimum Gasteiger partial charge on any atom is -0.444 e. The van der Waals surface area contributed by atoms with Crippen molar-refractivity contribution in [2.45, 2.75) is 25.3 Å². The first kappa shape index (κ1) is 15.6. The zero-order valence-electron chi connectivity index (χ0n) is 13.3. The lowest BCUT2D eigenvalue weighted by atomic mass is 10.1. The molecule has 1 aliphatic heterocycles. The molecule has 6 nitrogen and oxygen atoms in total. The molecule has 1 fully saturated rings. The molecule has 0 aliphatic carbocycles. The Morgan fingerprint density at radius 1 is 1.48 bits per heavy atom. The maximum absolute atomic E-state index is 12.2. The number of amides is 1. The standard InChI is InChI=1S/C17H22N4O2/c1-21-10-4-5-12(21)8-9-19-16(22)15-11-23-17(20-15)13-6-2-3-7-14(13)18/h2-3,6-7,11-12H,4-5,8-10,18H2,1H3,(H,19,22). The molecule has 0 bridgehead atoms. The average molecular weight is 314 g/mol. The Morgan fingerprint density at radius 2 is 2.30 bits per heavy atom. The van der Waals surface area contributed by atoms with Crippen molar-refractivity contribution in [3.8, 4) is 11.5 Å². The molecule has 1 amide bonds. The second-order valence-electron chi connectivity index (χ2n) is 5.95. The molecule has 23 heavy (non-hydrogen) atoms. The number of benzene rings is 1. The summed E-state index contributed by atoms with van der Waals surface area (Å²) in [5.74, 6) is 0.152. The van der Waals surface area contributed by atoms with Crippen LogP contribution in [0.15, 0.2) is 34.9 Å². The Hall–Kier alpha value is -2.34. The fourth-order valence-corrected chi connectivity index (χ4v) is 2.98. The zero-order valence-corrected chi connectivity index (χ0v) is 13.3. The van der Waals surface area contributed by atoms with Gasteiger partial charge in [-0.2, -0.15) is 0 Å². The Kier molecular flexibility index (Phi) is 4.62. The molecular formula is C17H22N4O2. The van der Waals surface area contributed by atoms with E-state index in [-0.39, 0.29) is 11.6 Å². The number of oxazole rings is 1. The van der Waals surface area contributed by atoms with E-state index in [4.69, 9.17) is 10.2 Å². The lowest BCUT2D eigenvalue weighted by Gasteiger charge is -2.18. The molecule has 2 heterocycles. The van der Waals surface area contributed by atoms with Crippen molar-refractivity contribution in [1.29, 1.82) is 0 Å². The largest absolute Gasteiger partial charge is 0.444 e. The number of carbonyl (C=O) groups is 1. The Balaban J connectivity index is 1.57. The van der Waals surface area contributed by atoms with Gasteiger partial charge in [-0.05, 0) is 45.0 Å². The summed E-state index contributed by atoms with van der Waals surface area (Å²) in [4.78, 5) is 18.7. The SMILES string of the molecule is CN1CCCC1CCNC(=O)c1coc(-c2ccccc2N)n1. The lowest BCUT2D eigenvalue weighted by Crippen LogP contribution is -2.31. The van der Waals surface area contributed by atoms with E-state index in [0.29, 0.717) is 29.7 Å². The van der Waals surface area contributed by atoms with Gasteiger partial charge in [0, 0.05) is 18.3 Å². The van der Waals surface area contributed by atoms with Crippen molar-refractivity contribution in [2.24, 2.45) is 0 Å². The van der Waals surface area contributed by atoms with Gasteiger partial charge in [-0.25, -0.2) is 4.98 Å². The summed E-state index contributed by atoms with van der Waals surface area (Å²) in [5, 5.41) is 2.91. The smallest absolute Gasteiger partial charge is 0.273 e. The van der Waals surface area contributed by atoms with Gasteiger partial charge in [-0.15, -0.1) is 0 Å². The quantitative estimate of drug-likeness (QED) is 0.826. The summed E-state index contributed by atoms with van der Waals surface area (Å²) in [6, 6.07) is 7.85. The molecule has 122 valence electrons. The number of nitrogens with zero attached hydrogens (tertiary/aromatic N) is 2. The molecule has 0 spiro atoms. The number of rotatable bonds is 5. The van der Waals surface area contributed by atoms with Gasteiger partial charge in [0.15, 0.2) is 5.69 Å². The second-order valence-corrected chi connectivity index (χ2v) is 5.95. The molecule has 1 aliphatic rings. The highest BCUT2D eigenvalue weighted by Crippen LogP contribution is 2.24. The minimum absolute atomic E-state index is 0.213. The monoisotopic (exact) mass is 314 g/mol. The maximum Gasteiger partial charge on any atom is 0.273 e. The maximum atomic E-state index is 12.2. The van der Waals surface area contributed by atoms with Gasteiger partial charge in [0.05, 0.1) is 5.56 Å². The minimum atomic E-state index is -0.213. The van der Waals surface area contributed by atoms with Crippen molar-refractivity contribution in [2.75, 3.05) is 25.9 Å². The number of carbonyl (C=O) groups excluding carboxylic acids is 1. The Bertz CT molecular complexity index is 683. The van der Waals surface area contributed by atoms with Crippen molar-refractivity contribution < 1.29 is 9.21 Å². The van der Waals surface area contributed by atoms with E-state index in [1.165, 1.54) is 19.1 Å². The van der Waals surface area contributed by atoms with Gasteiger partial charge in [-0.3, -0.25) is 4.79 Å². The summed E-state index contributed by atoms with van der Waals surface area (Å²) in [7, 11) is 2.13. The fraction of sp³-hybridized carbons (Fsp3) is 0.412. The third-order valence-corrected chi connectivity index (χ3v) is 4.36. The molecule has 1 unspecified atom stereocenters. The molecule has 6 heteroatoms. The highest BCUT2D eigenvalue weighted by molar-refractivity contribution is 5.92. The van der Waals surface area contributed by atoms with Crippen molar-refractivity contribution in [3.63, 3.8) is 0 Å². The predicted octanol–water partition coefficient (Wildman–Crippen LogP) is 2.14. The van der Waals surface area contributed by atoms with Crippen LogP contribution >= 0.6 is 0 Å². The second kappa shape index (κ2) is 6.83. The van der Waals surface area contributed by atoms with Gasteiger partial charge in [0.1, 0.15) is 6.26 Å². The van der Waals surface area contributed by atoms with E-state index in [1.807, 2.05) is 18.2 Å². The van der Waals surface area contributed by atoms with Crippen LogP contribution in [0.1, 0.15) is 29.8 Å². The van der Waals surface area contributed by atoms with E-state index < -0.39 is 0 Å². The van der Waals surface area contributed by atoms with Gasteiger partial charge in [-0.1, -0.05) is 12.1 Å². The third-order valence-electron chi connectivity index (χ3n) is 4.36. The number of nitrogen functional groups attached to an aromatic ring is 1. The topological polar surface area (TPSA) is 84.4 Å². The first-order chi connectivity index (χ1) is 11.1. The van der Waals surface area contributed by atoms with Crippen molar-refractivity contribution >= 4 is 11.6 Å². The highest BCUT2D eigenvalue weighted by atomic mass is 16.3. The van der Waals surface area contributed by atoms with Crippen LogP contribution in [0, 0.1) is 0 Å². The summed E-state index contributed by atoms with van der Waals surface area (Å²) in [5.41, 5.74) is 7.44. The van der Waals surface area contributed by atoms with Crippen LogP contribution in [0.25, 0.3) is 11.5 Å². The molecule has 1 aromatic heterocycles. The molecular weight excluding hydrogens is 292 g/mol. The fourth-order valence-electron chi connectivity index (χ4n) is 2.98. The van der Waals surface area contributed by atoms with Crippen LogP contribution in [0.5, 0.6) is 0 Å². The number of nitrogens with two attached hydrogens (primary N) is 1. The number of para-hydroxylation sites is 1. The van der Waals surface area contributed by atoms with Crippen LogP contribution in [0.4, 0.5) is 5.69 Å². The van der Waals surface area contributed by atoms with Crippen LogP contribution in [0.3, 0.4) is 0 Å². The van der Waals surface area contributed by atoms with E-state index in [2.05, 4.69) is 22.2 Å². The van der Waals surface area contributed by atoms with E-state index in [1.54, 1.807) is 6.07 Å². The summed E-state index contributed by atoms with van der Waals surface area (Å²) >= 11 is 0. The van der Waals surface area contributed by atoms with Crippen LogP contribution in [0.2, 0.25) is 0 Å². The normalized spacial score (nSPS) is 18.2. The third kappa shape index (κ3) is 3.53. The predicted molar refractivity (Wildman–Crippen MR) is 89.0 cm³/mol. The summed E-state index contributed by atoms with van der Waals surface area (Å²) < 4.78 is 5.39. The average Bonchev–Trinajstić information content (AvgIpc) is 3.17. The van der Waals surface area contributed by atoms with E-state index in [9.17, 15) is 4.79 Å². The van der Waals surface area contributed by atoms with Gasteiger partial charge >= 0.3 is 0 Å². The molecule has 0 radical (unpaired) electrons. The summed E-state index contributed by atoms with van der Waals surface area (Å²) in [6.07, 6.45) is 4.77. The number of hydrogen-bond acceptors (Lipinski definition) is 5. The number of aromatic nitrogens is 1. The highest BCUT2D eigenvalue weighted by Gasteiger charge is 2.21. The molecule has 3 N–H and O–H groups in total. The zero-order chi connectivity index (χ0) is 16.2. The van der Waals surface area contributed by atoms with Crippen molar-refractivity contribution in [1.82, 2.24) is 15.2 Å². The van der Waals surface area contributed by atoms with Gasteiger partial charge in [0.25, 0.3) is 5.91 Å². The van der Waals surface area contributed by atoms with Crippen LogP contribution in [-0.4, -0.2) is 42.0 Å². The number of likely N-dealkylation sites (tertiary alicyclic amines) is 1. The van der Waals surface area contributed by atoms with Gasteiger partial charge < -0.3 is 20.4 Å². The Morgan fingerprint density at radius 3 is 3.04 bits per heavy atom. The lowest BCUT2D eigenvalue weighted by molar-refractivity contribution is 0.0945. The molecule has 2 aromatic rings. The number of anilines is 1. The number of nitrogens with one attached hydrogen (secondary N) is 1. The molecule has 1 aromatic carbocycles. The van der Waals surface area contributed by atoms with E-state index in [0.717, 1.165) is 13.0 Å². The first-order valence-corrected chi connectivity index (χ1v) is 7.94. The van der Waals surface area contributed by atoms with Crippen molar-refractivity contribution in [3.05, 3.63) is 36.2 Å². The first-order valence-electron chi connectivity index (χ1n) is 7.94. The van der Waals surface area contributed by atoms with Gasteiger partial charge in [0.2, 0.25) is 5.89 Å². The molecule has 1 atom stereocenters. The van der Waals surface area contributed by atoms with Crippen LogP contribution in [-0.2, 0) is 0 Å². The number of hydrogen-bond donors (Lipinski definition) is 2. The molecule has 0 saturated carbocycles. The summed E-state index contributed by atoms with van der Waals surface area (Å²) in [6.45, 7) is 1.78.